The highest BCUT2D eigenvalue weighted by Crippen LogP contribution is 2.34. The van der Waals surface area contributed by atoms with Crippen LogP contribution >= 0.6 is 11.6 Å². The number of likely N-dealkylation sites (tertiary alicyclic amines) is 1. The molecule has 1 saturated heterocycles. The quantitative estimate of drug-likeness (QED) is 0.914. The van der Waals surface area contributed by atoms with Crippen LogP contribution in [0.4, 0.5) is 0 Å². The largest absolute Gasteiger partial charge is 0.334 e. The van der Waals surface area contributed by atoms with Crippen LogP contribution < -0.4 is 5.73 Å². The molecule has 1 aliphatic heterocycles. The second-order valence-electron chi connectivity index (χ2n) is 4.76. The van der Waals surface area contributed by atoms with Crippen molar-refractivity contribution in [1.29, 1.82) is 0 Å². The van der Waals surface area contributed by atoms with Crippen LogP contribution in [0.15, 0.2) is 24.3 Å². The highest BCUT2D eigenvalue weighted by molar-refractivity contribution is 6.31. The van der Waals surface area contributed by atoms with Crippen molar-refractivity contribution in [3.05, 3.63) is 34.9 Å². The minimum absolute atomic E-state index is 0.0332. The minimum atomic E-state index is -0.0834. The number of amides is 1. The summed E-state index contributed by atoms with van der Waals surface area (Å²) in [6, 6.07) is 7.54. The first-order valence-electron chi connectivity index (χ1n) is 6.44. The third kappa shape index (κ3) is 2.52. The molecular formula is C14H19ClN2O. The molecule has 2 N–H and O–H groups in total. The molecular weight excluding hydrogens is 248 g/mol. The Bertz CT molecular complexity index is 436. The van der Waals surface area contributed by atoms with E-state index in [1.165, 1.54) is 0 Å². The molecule has 2 atom stereocenters. The second-order valence-corrected chi connectivity index (χ2v) is 5.16. The van der Waals surface area contributed by atoms with Gasteiger partial charge in [-0.3, -0.25) is 4.79 Å². The first kappa shape index (κ1) is 13.4. The van der Waals surface area contributed by atoms with Crippen LogP contribution in [-0.2, 0) is 4.79 Å². The molecule has 1 aliphatic rings. The average Bonchev–Trinajstić information content (AvgIpc) is 2.36. The van der Waals surface area contributed by atoms with Crippen LogP contribution in [0.3, 0.4) is 0 Å². The van der Waals surface area contributed by atoms with Crippen LogP contribution in [0.2, 0.25) is 5.02 Å². The maximum atomic E-state index is 12.1. The molecule has 2 rings (SSSR count). The summed E-state index contributed by atoms with van der Waals surface area (Å²) in [5.74, 6) is 0.184. The first-order chi connectivity index (χ1) is 8.65. The van der Waals surface area contributed by atoms with Gasteiger partial charge < -0.3 is 10.6 Å². The number of piperidine rings is 1. The summed E-state index contributed by atoms with van der Waals surface area (Å²) in [6.07, 6.45) is 2.20. The van der Waals surface area contributed by atoms with Crippen LogP contribution in [0.5, 0.6) is 0 Å². The molecule has 98 valence electrons. The van der Waals surface area contributed by atoms with Gasteiger partial charge in [-0.25, -0.2) is 0 Å². The number of nitrogens with two attached hydrogens (primary N) is 1. The fraction of sp³-hybridized carbons (Fsp3) is 0.500. The van der Waals surface area contributed by atoms with Gasteiger partial charge in [0.15, 0.2) is 0 Å². The average molecular weight is 267 g/mol. The van der Waals surface area contributed by atoms with E-state index in [0.717, 1.165) is 24.9 Å². The zero-order chi connectivity index (χ0) is 13.1. The fourth-order valence-corrected chi connectivity index (χ4v) is 2.84. The lowest BCUT2D eigenvalue weighted by molar-refractivity contribution is -0.137. The number of carbonyl (C=O) groups is 1. The van der Waals surface area contributed by atoms with Crippen molar-refractivity contribution in [3.8, 4) is 0 Å². The van der Waals surface area contributed by atoms with Gasteiger partial charge in [-0.05, 0) is 24.5 Å². The first-order valence-corrected chi connectivity index (χ1v) is 6.82. The van der Waals surface area contributed by atoms with Gasteiger partial charge in [0.1, 0.15) is 0 Å². The summed E-state index contributed by atoms with van der Waals surface area (Å²) in [7, 11) is 0. The van der Waals surface area contributed by atoms with E-state index in [2.05, 4.69) is 6.92 Å². The zero-order valence-corrected chi connectivity index (χ0v) is 11.4. The molecule has 1 heterocycles. The summed E-state index contributed by atoms with van der Waals surface area (Å²) < 4.78 is 0. The highest BCUT2D eigenvalue weighted by atomic mass is 35.5. The van der Waals surface area contributed by atoms with Crippen molar-refractivity contribution >= 4 is 17.5 Å². The molecule has 1 fully saturated rings. The Morgan fingerprint density at radius 3 is 2.83 bits per heavy atom. The van der Waals surface area contributed by atoms with Crippen molar-refractivity contribution in [2.75, 3.05) is 6.54 Å². The van der Waals surface area contributed by atoms with Crippen molar-refractivity contribution in [2.45, 2.75) is 38.3 Å². The second kappa shape index (κ2) is 5.72. The Kier molecular flexibility index (Phi) is 4.25. The summed E-state index contributed by atoms with van der Waals surface area (Å²) in [4.78, 5) is 13.9. The summed E-state index contributed by atoms with van der Waals surface area (Å²) in [5.41, 5.74) is 7.18. The Labute approximate surface area is 113 Å². The van der Waals surface area contributed by atoms with Crippen LogP contribution in [0.1, 0.15) is 37.8 Å². The number of halogens is 1. The molecule has 18 heavy (non-hydrogen) atoms. The highest BCUT2D eigenvalue weighted by Gasteiger charge is 2.35. The third-order valence-corrected chi connectivity index (χ3v) is 3.79. The Morgan fingerprint density at radius 2 is 2.17 bits per heavy atom. The molecule has 1 aromatic rings. The molecule has 0 aromatic heterocycles. The van der Waals surface area contributed by atoms with Crippen molar-refractivity contribution in [1.82, 2.24) is 4.90 Å². The number of rotatable bonds is 3. The van der Waals surface area contributed by atoms with Gasteiger partial charge in [-0.15, -0.1) is 0 Å². The van der Waals surface area contributed by atoms with E-state index in [1.807, 2.05) is 29.2 Å². The van der Waals surface area contributed by atoms with Gasteiger partial charge in [0.2, 0.25) is 5.91 Å². The maximum Gasteiger partial charge on any atom is 0.223 e. The Morgan fingerprint density at radius 1 is 1.44 bits per heavy atom. The molecule has 0 bridgehead atoms. The molecule has 4 heteroatoms. The van der Waals surface area contributed by atoms with Gasteiger partial charge in [0, 0.05) is 24.0 Å². The van der Waals surface area contributed by atoms with Crippen LogP contribution in [0, 0.1) is 0 Å². The predicted molar refractivity (Wildman–Crippen MR) is 73.4 cm³/mol. The normalized spacial score (nSPS) is 24.4. The molecule has 0 saturated carbocycles. The SMILES string of the molecule is CCCN1C(=O)CCC(N)C1c1ccccc1Cl. The predicted octanol–water partition coefficient (Wildman–Crippen LogP) is 2.74. The summed E-state index contributed by atoms with van der Waals surface area (Å²) in [5, 5.41) is 0.689. The van der Waals surface area contributed by atoms with Gasteiger partial charge in [0.25, 0.3) is 0 Å². The van der Waals surface area contributed by atoms with Crippen molar-refractivity contribution < 1.29 is 4.79 Å². The molecule has 0 aliphatic carbocycles. The number of nitrogens with zero attached hydrogens (tertiary/aromatic N) is 1. The van der Waals surface area contributed by atoms with E-state index < -0.39 is 0 Å². The number of carbonyl (C=O) groups excluding carboxylic acids is 1. The topological polar surface area (TPSA) is 46.3 Å². The van der Waals surface area contributed by atoms with E-state index in [0.29, 0.717) is 11.4 Å². The number of hydrogen-bond donors (Lipinski definition) is 1. The van der Waals surface area contributed by atoms with Gasteiger partial charge >= 0.3 is 0 Å². The molecule has 1 aromatic carbocycles. The maximum absolute atomic E-state index is 12.1. The van der Waals surface area contributed by atoms with E-state index >= 15 is 0 Å². The van der Waals surface area contributed by atoms with E-state index in [1.54, 1.807) is 0 Å². The molecule has 3 nitrogen and oxygen atoms in total. The number of benzene rings is 1. The third-order valence-electron chi connectivity index (χ3n) is 3.44. The van der Waals surface area contributed by atoms with Crippen LogP contribution in [0.25, 0.3) is 0 Å². The lowest BCUT2D eigenvalue weighted by Gasteiger charge is -2.40. The monoisotopic (exact) mass is 266 g/mol. The smallest absolute Gasteiger partial charge is 0.223 e. The van der Waals surface area contributed by atoms with Gasteiger partial charge in [-0.1, -0.05) is 36.7 Å². The molecule has 0 radical (unpaired) electrons. The fourth-order valence-electron chi connectivity index (χ4n) is 2.60. The van der Waals surface area contributed by atoms with Crippen LogP contribution in [-0.4, -0.2) is 23.4 Å². The van der Waals surface area contributed by atoms with Crippen molar-refractivity contribution in [2.24, 2.45) is 5.73 Å². The Hall–Kier alpha value is -1.06. The van der Waals surface area contributed by atoms with Gasteiger partial charge in [0.05, 0.1) is 6.04 Å². The summed E-state index contributed by atoms with van der Waals surface area (Å²) >= 11 is 6.24. The Balaban J connectivity index is 2.36. The van der Waals surface area contributed by atoms with Crippen molar-refractivity contribution in [3.63, 3.8) is 0 Å². The summed E-state index contributed by atoms with van der Waals surface area (Å²) in [6.45, 7) is 2.81. The van der Waals surface area contributed by atoms with Gasteiger partial charge in [-0.2, -0.15) is 0 Å². The van der Waals surface area contributed by atoms with E-state index in [4.69, 9.17) is 17.3 Å². The van der Waals surface area contributed by atoms with E-state index in [9.17, 15) is 4.79 Å². The minimum Gasteiger partial charge on any atom is -0.334 e. The standard InChI is InChI=1S/C14H19ClN2O/c1-2-9-17-13(18)8-7-12(16)14(17)10-5-3-4-6-11(10)15/h3-6,12,14H,2,7-9,16H2,1H3. The zero-order valence-electron chi connectivity index (χ0n) is 10.6. The lowest BCUT2D eigenvalue weighted by Crippen LogP contribution is -2.49. The lowest BCUT2D eigenvalue weighted by atomic mass is 9.90. The molecule has 1 amide bonds. The van der Waals surface area contributed by atoms with E-state index in [-0.39, 0.29) is 18.0 Å². The molecule has 2 unspecified atom stereocenters. The molecule has 0 spiro atoms. The number of hydrogen-bond acceptors (Lipinski definition) is 2.